The maximum atomic E-state index is 12.6. The van der Waals surface area contributed by atoms with Crippen LogP contribution in [-0.2, 0) is 20.9 Å². The molecule has 156 valence electrons. The van der Waals surface area contributed by atoms with E-state index in [1.54, 1.807) is 17.0 Å². The summed E-state index contributed by atoms with van der Waals surface area (Å²) in [7, 11) is 3.96. The van der Waals surface area contributed by atoms with Crippen LogP contribution >= 0.6 is 0 Å². The quantitative estimate of drug-likeness (QED) is 0.678. The molecule has 2 aromatic rings. The van der Waals surface area contributed by atoms with Crippen LogP contribution in [0, 0.1) is 0 Å². The van der Waals surface area contributed by atoms with E-state index in [4.69, 9.17) is 4.74 Å². The van der Waals surface area contributed by atoms with E-state index in [1.807, 2.05) is 57.1 Å². The standard InChI is InChI=1S/C22H29N3O4/c1-16(2)25(13-17-8-10-19(11-9-17)24(3)4)22(28)15-29-14-21(27)23-18-6-5-7-20(26)12-18/h5-12,16,26H,13-15H2,1-4H3,(H,23,27). The first-order valence-corrected chi connectivity index (χ1v) is 9.48. The van der Waals surface area contributed by atoms with Gasteiger partial charge in [0.05, 0.1) is 0 Å². The number of nitrogens with zero attached hydrogens (tertiary/aromatic N) is 2. The van der Waals surface area contributed by atoms with Crippen molar-refractivity contribution < 1.29 is 19.4 Å². The Hall–Kier alpha value is -3.06. The average molecular weight is 399 g/mol. The largest absolute Gasteiger partial charge is 0.508 e. The molecule has 0 saturated carbocycles. The molecule has 0 bridgehead atoms. The van der Waals surface area contributed by atoms with Gasteiger partial charge < -0.3 is 25.0 Å². The highest BCUT2D eigenvalue weighted by Gasteiger charge is 2.18. The van der Waals surface area contributed by atoms with Gasteiger partial charge in [0.25, 0.3) is 0 Å². The number of anilines is 2. The first-order chi connectivity index (χ1) is 13.8. The van der Waals surface area contributed by atoms with Crippen LogP contribution in [0.2, 0.25) is 0 Å². The predicted molar refractivity (Wildman–Crippen MR) is 114 cm³/mol. The molecule has 2 N–H and O–H groups in total. The normalized spacial score (nSPS) is 10.7. The monoisotopic (exact) mass is 399 g/mol. The Morgan fingerprint density at radius 3 is 2.34 bits per heavy atom. The first kappa shape index (κ1) is 22.2. The zero-order valence-corrected chi connectivity index (χ0v) is 17.4. The van der Waals surface area contributed by atoms with Crippen molar-refractivity contribution in [2.75, 3.05) is 37.5 Å². The number of phenols is 1. The van der Waals surface area contributed by atoms with Gasteiger partial charge in [-0.3, -0.25) is 9.59 Å². The van der Waals surface area contributed by atoms with Crippen molar-refractivity contribution >= 4 is 23.2 Å². The maximum absolute atomic E-state index is 12.6. The molecule has 0 aliphatic heterocycles. The topological polar surface area (TPSA) is 82.1 Å². The molecule has 2 amide bonds. The third-order valence-electron chi connectivity index (χ3n) is 4.34. The summed E-state index contributed by atoms with van der Waals surface area (Å²) >= 11 is 0. The number of nitrogens with one attached hydrogen (secondary N) is 1. The van der Waals surface area contributed by atoms with Gasteiger partial charge in [-0.2, -0.15) is 0 Å². The Bertz CT molecular complexity index is 819. The second kappa shape index (κ2) is 10.5. The Morgan fingerprint density at radius 1 is 1.07 bits per heavy atom. The summed E-state index contributed by atoms with van der Waals surface area (Å²) in [4.78, 5) is 28.3. The molecule has 0 saturated heterocycles. The molecule has 29 heavy (non-hydrogen) atoms. The highest BCUT2D eigenvalue weighted by molar-refractivity contribution is 5.92. The van der Waals surface area contributed by atoms with Crippen LogP contribution in [0.15, 0.2) is 48.5 Å². The molecule has 0 unspecified atom stereocenters. The molecular formula is C22H29N3O4. The van der Waals surface area contributed by atoms with Crippen LogP contribution in [0.25, 0.3) is 0 Å². The van der Waals surface area contributed by atoms with Crippen molar-refractivity contribution in [3.8, 4) is 5.75 Å². The lowest BCUT2D eigenvalue weighted by molar-refractivity contribution is -0.139. The number of aromatic hydroxyl groups is 1. The van der Waals surface area contributed by atoms with E-state index in [0.717, 1.165) is 11.3 Å². The Labute approximate surface area is 171 Å². The smallest absolute Gasteiger partial charge is 0.250 e. The fourth-order valence-corrected chi connectivity index (χ4v) is 2.75. The van der Waals surface area contributed by atoms with Crippen LogP contribution in [0.4, 0.5) is 11.4 Å². The van der Waals surface area contributed by atoms with Crippen molar-refractivity contribution in [1.29, 1.82) is 0 Å². The number of hydrogen-bond donors (Lipinski definition) is 2. The summed E-state index contributed by atoms with van der Waals surface area (Å²) in [5, 5.41) is 12.0. The predicted octanol–water partition coefficient (Wildman–Crippen LogP) is 2.85. The van der Waals surface area contributed by atoms with E-state index in [0.29, 0.717) is 12.2 Å². The average Bonchev–Trinajstić information content (AvgIpc) is 2.66. The van der Waals surface area contributed by atoms with Crippen LogP contribution < -0.4 is 10.2 Å². The fraction of sp³-hybridized carbons (Fsp3) is 0.364. The zero-order chi connectivity index (χ0) is 21.4. The van der Waals surface area contributed by atoms with Gasteiger partial charge in [-0.05, 0) is 43.7 Å². The molecule has 0 aliphatic rings. The maximum Gasteiger partial charge on any atom is 0.250 e. The lowest BCUT2D eigenvalue weighted by Crippen LogP contribution is -2.39. The Morgan fingerprint density at radius 2 is 1.76 bits per heavy atom. The minimum Gasteiger partial charge on any atom is -0.508 e. The number of amides is 2. The minimum absolute atomic E-state index is 0.000691. The van der Waals surface area contributed by atoms with Crippen LogP contribution in [0.3, 0.4) is 0 Å². The fourth-order valence-electron chi connectivity index (χ4n) is 2.75. The number of ether oxygens (including phenoxy) is 1. The molecule has 2 rings (SSSR count). The van der Waals surface area contributed by atoms with E-state index >= 15 is 0 Å². The third kappa shape index (κ3) is 7.12. The SMILES string of the molecule is CC(C)N(Cc1ccc(N(C)C)cc1)C(=O)COCC(=O)Nc1cccc(O)c1. The number of phenolic OH excluding ortho intramolecular Hbond substituents is 1. The van der Waals surface area contributed by atoms with Crippen molar-refractivity contribution in [1.82, 2.24) is 4.90 Å². The van der Waals surface area contributed by atoms with Crippen molar-refractivity contribution in [3.05, 3.63) is 54.1 Å². The minimum atomic E-state index is -0.390. The molecule has 0 fully saturated rings. The molecule has 0 radical (unpaired) electrons. The number of benzene rings is 2. The van der Waals surface area contributed by atoms with Gasteiger partial charge in [0.15, 0.2) is 0 Å². The zero-order valence-electron chi connectivity index (χ0n) is 17.4. The molecule has 0 spiro atoms. The number of carbonyl (C=O) groups excluding carboxylic acids is 2. The second-order valence-corrected chi connectivity index (χ2v) is 7.27. The van der Waals surface area contributed by atoms with Crippen molar-refractivity contribution in [3.63, 3.8) is 0 Å². The molecule has 0 aromatic heterocycles. The Kier molecular flexibility index (Phi) is 8.03. The number of rotatable bonds is 9. The summed E-state index contributed by atoms with van der Waals surface area (Å²) in [6.07, 6.45) is 0. The highest BCUT2D eigenvalue weighted by Crippen LogP contribution is 2.16. The third-order valence-corrected chi connectivity index (χ3v) is 4.34. The van der Waals surface area contributed by atoms with E-state index < -0.39 is 5.91 Å². The Balaban J connectivity index is 1.85. The van der Waals surface area contributed by atoms with Gasteiger partial charge in [-0.25, -0.2) is 0 Å². The van der Waals surface area contributed by atoms with Crippen molar-refractivity contribution in [2.45, 2.75) is 26.4 Å². The summed E-state index contributed by atoms with van der Waals surface area (Å²) in [5.41, 5.74) is 2.59. The molecule has 0 atom stereocenters. The van der Waals surface area contributed by atoms with Crippen molar-refractivity contribution in [2.24, 2.45) is 0 Å². The molecule has 0 aliphatic carbocycles. The van der Waals surface area contributed by atoms with Gasteiger partial charge in [0.2, 0.25) is 11.8 Å². The number of carbonyl (C=O) groups is 2. The molecule has 7 nitrogen and oxygen atoms in total. The molecule has 7 heteroatoms. The highest BCUT2D eigenvalue weighted by atomic mass is 16.5. The lowest BCUT2D eigenvalue weighted by atomic mass is 10.1. The van der Waals surface area contributed by atoms with Crippen LogP contribution in [0.1, 0.15) is 19.4 Å². The van der Waals surface area contributed by atoms with E-state index in [1.165, 1.54) is 12.1 Å². The van der Waals surface area contributed by atoms with Gasteiger partial charge in [0, 0.05) is 44.1 Å². The molecular weight excluding hydrogens is 370 g/mol. The van der Waals surface area contributed by atoms with Gasteiger partial charge in [-0.1, -0.05) is 18.2 Å². The van der Waals surface area contributed by atoms with Crippen LogP contribution in [-0.4, -0.2) is 55.2 Å². The van der Waals surface area contributed by atoms with Crippen LogP contribution in [0.5, 0.6) is 5.75 Å². The molecule has 2 aromatic carbocycles. The molecule has 0 heterocycles. The van der Waals surface area contributed by atoms with E-state index in [2.05, 4.69) is 5.32 Å². The summed E-state index contributed by atoms with van der Waals surface area (Å²) < 4.78 is 5.31. The van der Waals surface area contributed by atoms with E-state index in [9.17, 15) is 14.7 Å². The summed E-state index contributed by atoms with van der Waals surface area (Å²) in [5.74, 6) is -0.509. The lowest BCUT2D eigenvalue weighted by Gasteiger charge is -2.27. The summed E-state index contributed by atoms with van der Waals surface area (Å²) in [6, 6.07) is 14.3. The summed E-state index contributed by atoms with van der Waals surface area (Å²) in [6.45, 7) is 3.94. The van der Waals surface area contributed by atoms with Gasteiger partial charge >= 0.3 is 0 Å². The number of hydrogen-bond acceptors (Lipinski definition) is 5. The van der Waals surface area contributed by atoms with Gasteiger partial charge in [-0.15, -0.1) is 0 Å². The van der Waals surface area contributed by atoms with E-state index in [-0.39, 0.29) is 30.9 Å². The second-order valence-electron chi connectivity index (χ2n) is 7.27. The van der Waals surface area contributed by atoms with Gasteiger partial charge in [0.1, 0.15) is 19.0 Å². The first-order valence-electron chi connectivity index (χ1n) is 9.48.